The second-order valence-corrected chi connectivity index (χ2v) is 3.87. The second kappa shape index (κ2) is 3.88. The summed E-state index contributed by atoms with van der Waals surface area (Å²) in [6.07, 6.45) is 6.10. The quantitative estimate of drug-likeness (QED) is 0.673. The summed E-state index contributed by atoms with van der Waals surface area (Å²) in [5.41, 5.74) is 0. The second-order valence-electron chi connectivity index (χ2n) is 3.87. The van der Waals surface area contributed by atoms with E-state index in [1.165, 1.54) is 6.08 Å². The predicted octanol–water partition coefficient (Wildman–Crippen LogP) is 0.922. The Kier molecular flexibility index (Phi) is 2.58. The molecular formula is C11H15N3O. The van der Waals surface area contributed by atoms with E-state index in [0.29, 0.717) is 5.92 Å². The maximum absolute atomic E-state index is 11.4. The zero-order valence-corrected chi connectivity index (χ0v) is 8.89. The number of amides is 1. The Morgan fingerprint density at radius 1 is 1.73 bits per heavy atom. The molecule has 2 rings (SSSR count). The summed E-state index contributed by atoms with van der Waals surface area (Å²) in [6.45, 7) is 5.07. The average molecular weight is 205 g/mol. The average Bonchev–Trinajstić information content (AvgIpc) is 2.84. The van der Waals surface area contributed by atoms with E-state index in [-0.39, 0.29) is 5.91 Å². The van der Waals surface area contributed by atoms with Crippen LogP contribution < -0.4 is 0 Å². The largest absolute Gasteiger partial charge is 0.338 e. The number of imidazole rings is 1. The zero-order chi connectivity index (χ0) is 10.8. The van der Waals surface area contributed by atoms with Gasteiger partial charge in [0, 0.05) is 38.4 Å². The molecule has 1 aromatic heterocycles. The van der Waals surface area contributed by atoms with Crippen molar-refractivity contribution in [3.05, 3.63) is 30.9 Å². The Hall–Kier alpha value is -1.58. The molecule has 1 saturated heterocycles. The van der Waals surface area contributed by atoms with Gasteiger partial charge in [0.1, 0.15) is 5.82 Å². The van der Waals surface area contributed by atoms with Crippen LogP contribution in [0.1, 0.15) is 18.2 Å². The monoisotopic (exact) mass is 205 g/mol. The van der Waals surface area contributed by atoms with Crippen LogP contribution in [-0.4, -0.2) is 33.4 Å². The molecule has 0 N–H and O–H groups in total. The zero-order valence-electron chi connectivity index (χ0n) is 8.89. The third kappa shape index (κ3) is 1.79. The van der Waals surface area contributed by atoms with Crippen LogP contribution in [0.25, 0.3) is 0 Å². The molecule has 1 amide bonds. The molecule has 1 aliphatic heterocycles. The van der Waals surface area contributed by atoms with Gasteiger partial charge in [0.2, 0.25) is 5.91 Å². The minimum atomic E-state index is 0.0201. The lowest BCUT2D eigenvalue weighted by Crippen LogP contribution is -2.26. The van der Waals surface area contributed by atoms with E-state index in [1.807, 2.05) is 22.7 Å². The highest BCUT2D eigenvalue weighted by atomic mass is 16.2. The molecule has 0 aliphatic carbocycles. The van der Waals surface area contributed by atoms with Gasteiger partial charge in [-0.2, -0.15) is 0 Å². The molecule has 0 spiro atoms. The highest BCUT2D eigenvalue weighted by Gasteiger charge is 2.28. The summed E-state index contributed by atoms with van der Waals surface area (Å²) < 4.78 is 2.02. The maximum Gasteiger partial charge on any atom is 0.245 e. The lowest BCUT2D eigenvalue weighted by molar-refractivity contribution is -0.125. The van der Waals surface area contributed by atoms with Crippen molar-refractivity contribution in [3.63, 3.8) is 0 Å². The Morgan fingerprint density at radius 3 is 3.13 bits per heavy atom. The molecule has 0 saturated carbocycles. The smallest absolute Gasteiger partial charge is 0.245 e. The van der Waals surface area contributed by atoms with Crippen LogP contribution in [0.5, 0.6) is 0 Å². The molecule has 1 aliphatic rings. The van der Waals surface area contributed by atoms with E-state index in [2.05, 4.69) is 11.6 Å². The van der Waals surface area contributed by atoms with Gasteiger partial charge in [-0.3, -0.25) is 4.79 Å². The van der Waals surface area contributed by atoms with Gasteiger partial charge in [-0.25, -0.2) is 4.98 Å². The fourth-order valence-electron chi connectivity index (χ4n) is 2.07. The lowest BCUT2D eigenvalue weighted by atomic mass is 10.1. The summed E-state index contributed by atoms with van der Waals surface area (Å²) in [4.78, 5) is 17.5. The normalized spacial score (nSPS) is 20.6. The van der Waals surface area contributed by atoms with Crippen molar-refractivity contribution in [2.24, 2.45) is 7.05 Å². The number of nitrogens with zero attached hydrogens (tertiary/aromatic N) is 3. The summed E-state index contributed by atoms with van der Waals surface area (Å²) >= 11 is 0. The predicted molar refractivity (Wildman–Crippen MR) is 57.3 cm³/mol. The fourth-order valence-corrected chi connectivity index (χ4v) is 2.07. The summed E-state index contributed by atoms with van der Waals surface area (Å²) in [6, 6.07) is 0. The number of rotatable bonds is 2. The van der Waals surface area contributed by atoms with Crippen LogP contribution >= 0.6 is 0 Å². The van der Waals surface area contributed by atoms with Crippen LogP contribution in [0.2, 0.25) is 0 Å². The fraction of sp³-hybridized carbons (Fsp3) is 0.455. The van der Waals surface area contributed by atoms with Crippen molar-refractivity contribution >= 4 is 5.91 Å². The van der Waals surface area contributed by atoms with Gasteiger partial charge in [-0.1, -0.05) is 6.58 Å². The number of aromatic nitrogens is 2. The Labute approximate surface area is 89.2 Å². The molecule has 0 aromatic carbocycles. The number of carbonyl (C=O) groups excluding carboxylic acids is 1. The number of hydrogen-bond donors (Lipinski definition) is 0. The molecule has 2 heterocycles. The van der Waals surface area contributed by atoms with Gasteiger partial charge >= 0.3 is 0 Å². The highest BCUT2D eigenvalue weighted by Crippen LogP contribution is 2.25. The van der Waals surface area contributed by atoms with E-state index in [0.717, 1.165) is 25.3 Å². The summed E-state index contributed by atoms with van der Waals surface area (Å²) in [5, 5.41) is 0. The van der Waals surface area contributed by atoms with Crippen LogP contribution in [-0.2, 0) is 11.8 Å². The first kappa shape index (κ1) is 9.96. The minimum Gasteiger partial charge on any atom is -0.338 e. The minimum absolute atomic E-state index is 0.0201. The van der Waals surface area contributed by atoms with Crippen molar-refractivity contribution in [1.29, 1.82) is 0 Å². The number of carbonyl (C=O) groups is 1. The molecule has 1 aromatic rings. The third-order valence-electron chi connectivity index (χ3n) is 2.90. The number of hydrogen-bond acceptors (Lipinski definition) is 2. The summed E-state index contributed by atoms with van der Waals surface area (Å²) in [5.74, 6) is 1.45. The maximum atomic E-state index is 11.4. The van der Waals surface area contributed by atoms with E-state index in [4.69, 9.17) is 0 Å². The van der Waals surface area contributed by atoms with Gasteiger partial charge in [-0.15, -0.1) is 0 Å². The molecule has 1 atom stereocenters. The van der Waals surface area contributed by atoms with Crippen LogP contribution in [0, 0.1) is 0 Å². The first-order chi connectivity index (χ1) is 7.22. The van der Waals surface area contributed by atoms with E-state index in [9.17, 15) is 4.79 Å². The molecule has 4 nitrogen and oxygen atoms in total. The van der Waals surface area contributed by atoms with Crippen molar-refractivity contribution in [2.45, 2.75) is 12.3 Å². The third-order valence-corrected chi connectivity index (χ3v) is 2.90. The van der Waals surface area contributed by atoms with E-state index >= 15 is 0 Å². The van der Waals surface area contributed by atoms with Crippen LogP contribution in [0.3, 0.4) is 0 Å². The Morgan fingerprint density at radius 2 is 2.53 bits per heavy atom. The molecule has 0 bridgehead atoms. The Balaban J connectivity index is 2.08. The molecule has 1 fully saturated rings. The molecule has 80 valence electrons. The molecule has 1 unspecified atom stereocenters. The molecule has 4 heteroatoms. The van der Waals surface area contributed by atoms with Crippen molar-refractivity contribution in [1.82, 2.24) is 14.5 Å². The number of likely N-dealkylation sites (tertiary alicyclic amines) is 1. The highest BCUT2D eigenvalue weighted by molar-refractivity contribution is 5.87. The van der Waals surface area contributed by atoms with E-state index in [1.54, 1.807) is 6.20 Å². The molecule has 0 radical (unpaired) electrons. The first-order valence-corrected chi connectivity index (χ1v) is 5.11. The van der Waals surface area contributed by atoms with Crippen molar-refractivity contribution < 1.29 is 4.79 Å². The van der Waals surface area contributed by atoms with Crippen LogP contribution in [0.4, 0.5) is 0 Å². The summed E-state index contributed by atoms with van der Waals surface area (Å²) in [7, 11) is 1.99. The van der Waals surface area contributed by atoms with E-state index < -0.39 is 0 Å². The van der Waals surface area contributed by atoms with Gasteiger partial charge in [0.05, 0.1) is 0 Å². The molecule has 15 heavy (non-hydrogen) atoms. The molecular weight excluding hydrogens is 190 g/mol. The van der Waals surface area contributed by atoms with Crippen LogP contribution in [0.15, 0.2) is 25.0 Å². The van der Waals surface area contributed by atoms with Gasteiger partial charge < -0.3 is 9.47 Å². The number of aryl methyl sites for hydroxylation is 1. The lowest BCUT2D eigenvalue weighted by Gasteiger charge is -2.13. The standard InChI is InChI=1S/C11H15N3O/c1-3-10(15)14-6-4-9(8-14)11-12-5-7-13(11)2/h3,5,7,9H,1,4,6,8H2,2H3. The van der Waals surface area contributed by atoms with Crippen molar-refractivity contribution in [3.8, 4) is 0 Å². The van der Waals surface area contributed by atoms with Gasteiger partial charge in [0.25, 0.3) is 0 Å². The van der Waals surface area contributed by atoms with Gasteiger partial charge in [0.15, 0.2) is 0 Å². The SMILES string of the molecule is C=CC(=O)N1CCC(c2nccn2C)C1. The van der Waals surface area contributed by atoms with Gasteiger partial charge in [-0.05, 0) is 12.5 Å². The van der Waals surface area contributed by atoms with Crippen molar-refractivity contribution in [2.75, 3.05) is 13.1 Å². The first-order valence-electron chi connectivity index (χ1n) is 5.11. The Bertz CT molecular complexity index is 383. The topological polar surface area (TPSA) is 38.1 Å².